The maximum Gasteiger partial charge on any atom is 0.265 e. The highest BCUT2D eigenvalue weighted by Gasteiger charge is 2.10. The number of amides is 2. The first kappa shape index (κ1) is 22.1. The summed E-state index contributed by atoms with van der Waals surface area (Å²) in [5.41, 5.74) is 2.29. The summed E-state index contributed by atoms with van der Waals surface area (Å²) in [5.74, 6) is 0.599. The second-order valence-corrected chi connectivity index (χ2v) is 8.01. The van der Waals surface area contributed by atoms with E-state index in [4.69, 9.17) is 9.47 Å². The summed E-state index contributed by atoms with van der Waals surface area (Å²) in [6.45, 7) is 0.241. The van der Waals surface area contributed by atoms with Crippen LogP contribution in [0.2, 0.25) is 0 Å². The summed E-state index contributed by atoms with van der Waals surface area (Å²) in [6.07, 6.45) is 0. The highest BCUT2D eigenvalue weighted by molar-refractivity contribution is 7.12. The van der Waals surface area contributed by atoms with Gasteiger partial charge in [0.2, 0.25) is 0 Å². The fraction of sp³-hybridized carbons (Fsp3) is 0.0769. The Morgan fingerprint density at radius 2 is 1.33 bits per heavy atom. The van der Waals surface area contributed by atoms with Gasteiger partial charge in [-0.2, -0.15) is 0 Å². The number of hydrogen-bond acceptors (Lipinski definition) is 5. The van der Waals surface area contributed by atoms with Gasteiger partial charge >= 0.3 is 0 Å². The SMILES string of the molecule is O=C(COc1ccccc1OCc1ccccc1)Nc1ccc(NC(=O)c2cccs2)cc1. The molecule has 0 bridgehead atoms. The Kier molecular flexibility index (Phi) is 7.35. The Bertz CT molecular complexity index is 1190. The lowest BCUT2D eigenvalue weighted by Crippen LogP contribution is -2.20. The largest absolute Gasteiger partial charge is 0.485 e. The van der Waals surface area contributed by atoms with Crippen LogP contribution in [0.1, 0.15) is 15.2 Å². The average molecular weight is 459 g/mol. The summed E-state index contributed by atoms with van der Waals surface area (Å²) in [7, 11) is 0. The highest BCUT2D eigenvalue weighted by atomic mass is 32.1. The fourth-order valence-corrected chi connectivity index (χ4v) is 3.62. The molecular weight excluding hydrogens is 436 g/mol. The van der Waals surface area contributed by atoms with Crippen LogP contribution in [0.15, 0.2) is 96.4 Å². The molecule has 2 amide bonds. The van der Waals surface area contributed by atoms with Gasteiger partial charge in [-0.25, -0.2) is 0 Å². The van der Waals surface area contributed by atoms with E-state index in [-0.39, 0.29) is 18.4 Å². The highest BCUT2D eigenvalue weighted by Crippen LogP contribution is 2.27. The van der Waals surface area contributed by atoms with Gasteiger partial charge in [0, 0.05) is 11.4 Å². The van der Waals surface area contributed by atoms with Crippen LogP contribution < -0.4 is 20.1 Å². The standard InChI is InChI=1S/C26H22N2O4S/c29-25(27-20-12-14-21(15-13-20)28-26(30)24-11-6-16-33-24)18-32-23-10-5-4-9-22(23)31-17-19-7-2-1-3-8-19/h1-16H,17-18H2,(H,27,29)(H,28,30). The molecule has 0 radical (unpaired) electrons. The van der Waals surface area contributed by atoms with Crippen molar-refractivity contribution in [3.8, 4) is 11.5 Å². The lowest BCUT2D eigenvalue weighted by Gasteiger charge is -2.13. The first-order valence-electron chi connectivity index (χ1n) is 10.3. The van der Waals surface area contributed by atoms with E-state index in [0.29, 0.717) is 34.4 Å². The van der Waals surface area contributed by atoms with Gasteiger partial charge in [-0.1, -0.05) is 48.5 Å². The zero-order valence-corrected chi connectivity index (χ0v) is 18.5. The van der Waals surface area contributed by atoms with Gasteiger partial charge in [-0.15, -0.1) is 11.3 Å². The van der Waals surface area contributed by atoms with Crippen molar-refractivity contribution < 1.29 is 19.1 Å². The van der Waals surface area contributed by atoms with E-state index in [1.54, 1.807) is 42.5 Å². The van der Waals surface area contributed by atoms with Gasteiger partial charge < -0.3 is 20.1 Å². The molecule has 0 unspecified atom stereocenters. The Labute approximate surface area is 195 Å². The molecule has 0 saturated heterocycles. The smallest absolute Gasteiger partial charge is 0.265 e. The zero-order valence-electron chi connectivity index (χ0n) is 17.7. The van der Waals surface area contributed by atoms with E-state index in [1.165, 1.54) is 11.3 Å². The average Bonchev–Trinajstić information content (AvgIpc) is 3.39. The van der Waals surface area contributed by atoms with Crippen LogP contribution in [0.25, 0.3) is 0 Å². The van der Waals surface area contributed by atoms with Crippen molar-refractivity contribution in [2.24, 2.45) is 0 Å². The maximum atomic E-state index is 12.3. The summed E-state index contributed by atoms with van der Waals surface area (Å²) in [6, 6.07) is 27.6. The molecule has 0 aliphatic rings. The molecule has 2 N–H and O–H groups in total. The van der Waals surface area contributed by atoms with E-state index in [0.717, 1.165) is 5.56 Å². The first-order chi connectivity index (χ1) is 16.2. The van der Waals surface area contributed by atoms with Crippen molar-refractivity contribution in [3.05, 3.63) is 107 Å². The van der Waals surface area contributed by atoms with Crippen LogP contribution in [0.5, 0.6) is 11.5 Å². The second kappa shape index (κ2) is 11.0. The lowest BCUT2D eigenvalue weighted by molar-refractivity contribution is -0.118. The number of thiophene rings is 1. The molecule has 0 fully saturated rings. The molecule has 7 heteroatoms. The van der Waals surface area contributed by atoms with E-state index in [1.807, 2.05) is 53.9 Å². The van der Waals surface area contributed by atoms with Crippen LogP contribution in [-0.2, 0) is 11.4 Å². The van der Waals surface area contributed by atoms with Crippen molar-refractivity contribution >= 4 is 34.5 Å². The van der Waals surface area contributed by atoms with Crippen molar-refractivity contribution in [2.45, 2.75) is 6.61 Å². The van der Waals surface area contributed by atoms with E-state index >= 15 is 0 Å². The molecule has 6 nitrogen and oxygen atoms in total. The van der Waals surface area contributed by atoms with Gasteiger partial charge in [-0.3, -0.25) is 9.59 Å². The van der Waals surface area contributed by atoms with Crippen LogP contribution in [0, 0.1) is 0 Å². The van der Waals surface area contributed by atoms with Crippen LogP contribution in [-0.4, -0.2) is 18.4 Å². The number of ether oxygens (including phenoxy) is 2. The number of rotatable bonds is 9. The number of nitrogens with one attached hydrogen (secondary N) is 2. The Balaban J connectivity index is 1.27. The molecule has 33 heavy (non-hydrogen) atoms. The number of carbonyl (C=O) groups excluding carboxylic acids is 2. The quantitative estimate of drug-likeness (QED) is 0.342. The predicted octanol–water partition coefficient (Wildman–Crippen LogP) is 5.60. The van der Waals surface area contributed by atoms with Crippen LogP contribution in [0.4, 0.5) is 11.4 Å². The third-order valence-corrected chi connectivity index (χ3v) is 5.49. The molecule has 4 rings (SSSR count). The molecule has 0 spiro atoms. The molecule has 1 heterocycles. The summed E-state index contributed by atoms with van der Waals surface area (Å²) in [5, 5.41) is 7.45. The third kappa shape index (κ3) is 6.44. The zero-order chi connectivity index (χ0) is 22.9. The van der Waals surface area contributed by atoms with Gasteiger partial charge in [0.25, 0.3) is 11.8 Å². The van der Waals surface area contributed by atoms with Gasteiger partial charge in [0.1, 0.15) is 6.61 Å². The van der Waals surface area contributed by atoms with Crippen LogP contribution >= 0.6 is 11.3 Å². The number of carbonyl (C=O) groups is 2. The Hall–Kier alpha value is -4.10. The number of anilines is 2. The second-order valence-electron chi connectivity index (χ2n) is 7.07. The molecule has 3 aromatic carbocycles. The topological polar surface area (TPSA) is 76.7 Å². The molecule has 0 aliphatic carbocycles. The lowest BCUT2D eigenvalue weighted by atomic mass is 10.2. The first-order valence-corrected chi connectivity index (χ1v) is 11.2. The van der Waals surface area contributed by atoms with Gasteiger partial charge in [0.05, 0.1) is 4.88 Å². The minimum absolute atomic E-state index is 0.164. The number of hydrogen-bond donors (Lipinski definition) is 2. The normalized spacial score (nSPS) is 10.3. The van der Waals surface area contributed by atoms with E-state index in [2.05, 4.69) is 10.6 Å². The monoisotopic (exact) mass is 458 g/mol. The molecule has 1 aromatic heterocycles. The molecule has 4 aromatic rings. The molecule has 0 aliphatic heterocycles. The molecule has 0 atom stereocenters. The minimum Gasteiger partial charge on any atom is -0.485 e. The molecule has 0 saturated carbocycles. The fourth-order valence-electron chi connectivity index (χ4n) is 3.00. The predicted molar refractivity (Wildman–Crippen MR) is 130 cm³/mol. The minimum atomic E-state index is -0.303. The van der Waals surface area contributed by atoms with Crippen molar-refractivity contribution in [1.29, 1.82) is 0 Å². The van der Waals surface area contributed by atoms with E-state index in [9.17, 15) is 9.59 Å². The Morgan fingerprint density at radius 3 is 2.00 bits per heavy atom. The Morgan fingerprint density at radius 1 is 0.697 bits per heavy atom. The number of para-hydroxylation sites is 2. The van der Waals surface area contributed by atoms with Gasteiger partial charge in [-0.05, 0) is 53.4 Å². The molecule has 166 valence electrons. The van der Waals surface area contributed by atoms with Crippen molar-refractivity contribution in [1.82, 2.24) is 0 Å². The van der Waals surface area contributed by atoms with Crippen LogP contribution in [0.3, 0.4) is 0 Å². The summed E-state index contributed by atoms with van der Waals surface area (Å²) < 4.78 is 11.5. The van der Waals surface area contributed by atoms with E-state index < -0.39 is 0 Å². The summed E-state index contributed by atoms with van der Waals surface area (Å²) in [4.78, 5) is 25.1. The number of benzene rings is 3. The summed E-state index contributed by atoms with van der Waals surface area (Å²) >= 11 is 1.38. The molecular formula is C26H22N2O4S. The van der Waals surface area contributed by atoms with Gasteiger partial charge in [0.15, 0.2) is 18.1 Å². The van der Waals surface area contributed by atoms with Crippen molar-refractivity contribution in [2.75, 3.05) is 17.2 Å². The third-order valence-electron chi connectivity index (χ3n) is 4.62. The maximum absolute atomic E-state index is 12.3. The van der Waals surface area contributed by atoms with Crippen molar-refractivity contribution in [3.63, 3.8) is 0 Å².